The minimum absolute atomic E-state index is 0.0200. The number of aromatic amines is 1. The lowest BCUT2D eigenvalue weighted by Gasteiger charge is -2.38. The summed E-state index contributed by atoms with van der Waals surface area (Å²) in [6.45, 7) is 4.88. The first-order valence-corrected chi connectivity index (χ1v) is 23.9. The number of aromatic nitrogens is 2. The van der Waals surface area contributed by atoms with Crippen LogP contribution in [0.5, 0.6) is 5.88 Å². The minimum atomic E-state index is -4.65. The van der Waals surface area contributed by atoms with Gasteiger partial charge in [-0.2, -0.15) is 18.2 Å². The molecule has 21 heteroatoms. The molecule has 2 atom stereocenters. The molecule has 0 saturated carbocycles. The number of anilines is 4. The van der Waals surface area contributed by atoms with Gasteiger partial charge < -0.3 is 34.3 Å². The molecule has 67 heavy (non-hydrogen) atoms. The molecule has 2 saturated heterocycles. The third-order valence-electron chi connectivity index (χ3n) is 12.6. The van der Waals surface area contributed by atoms with Crippen LogP contribution < -0.4 is 24.6 Å². The zero-order chi connectivity index (χ0) is 46.9. The van der Waals surface area contributed by atoms with E-state index in [0.717, 1.165) is 28.3 Å². The molecule has 3 aliphatic heterocycles. The molecule has 9 rings (SSSR count). The van der Waals surface area contributed by atoms with Gasteiger partial charge in [-0.25, -0.2) is 13.1 Å². The Hall–Kier alpha value is -5.93. The maximum Gasteiger partial charge on any atom is 0.392 e. The Morgan fingerprint density at radius 1 is 0.970 bits per heavy atom. The molecule has 0 radical (unpaired) electrons. The molecule has 354 valence electrons. The molecule has 2 aromatic heterocycles. The van der Waals surface area contributed by atoms with Crippen molar-refractivity contribution in [1.82, 2.24) is 19.6 Å². The smallest absolute Gasteiger partial charge is 0.392 e. The van der Waals surface area contributed by atoms with Crippen molar-refractivity contribution in [2.24, 2.45) is 5.92 Å². The van der Waals surface area contributed by atoms with E-state index < -0.39 is 43.5 Å². The predicted molar refractivity (Wildman–Crippen MR) is 247 cm³/mol. The third-order valence-corrected chi connectivity index (χ3v) is 14.2. The van der Waals surface area contributed by atoms with E-state index in [0.29, 0.717) is 112 Å². The second-order valence-electron chi connectivity index (χ2n) is 16.9. The highest BCUT2D eigenvalue weighted by molar-refractivity contribution is 7.90. The molecular weight excluding hydrogens is 917 g/mol. The van der Waals surface area contributed by atoms with Gasteiger partial charge in [-0.05, 0) is 91.4 Å². The molecule has 2 fully saturated rings. The lowest BCUT2D eigenvalue weighted by molar-refractivity contribution is -0.384. The number of fused-ring (bicyclic) bond motifs is 2. The lowest BCUT2D eigenvalue weighted by Crippen LogP contribution is -2.47. The maximum absolute atomic E-state index is 14.3. The Morgan fingerprint density at radius 3 is 2.52 bits per heavy atom. The van der Waals surface area contributed by atoms with Gasteiger partial charge in [-0.15, -0.1) is 0 Å². The fourth-order valence-electron chi connectivity index (χ4n) is 9.09. The van der Waals surface area contributed by atoms with Crippen molar-refractivity contribution in [3.05, 3.63) is 111 Å². The summed E-state index contributed by atoms with van der Waals surface area (Å²) < 4.78 is 88.9. The largest absolute Gasteiger partial charge is 0.476 e. The Bertz CT molecular complexity index is 2800. The average Bonchev–Trinajstić information content (AvgIpc) is 3.68. The maximum atomic E-state index is 14.3. The number of hydrogen-bond acceptors (Lipinski definition) is 13. The number of nitrogens with one attached hydrogen (secondary N) is 3. The number of ether oxygens (including phenoxy) is 3. The molecule has 3 N–H and O–H groups in total. The highest BCUT2D eigenvalue weighted by Gasteiger charge is 2.42. The van der Waals surface area contributed by atoms with Crippen molar-refractivity contribution >= 4 is 72.6 Å². The molecule has 5 aromatic rings. The van der Waals surface area contributed by atoms with Crippen LogP contribution in [0.15, 0.2) is 89.5 Å². The highest BCUT2D eigenvalue weighted by atomic mass is 35.5. The summed E-state index contributed by atoms with van der Waals surface area (Å²) in [6.07, 6.45) is -2.08. The number of benzene rings is 3. The Labute approximate surface area is 389 Å². The number of hydrogen-bond donors (Lipinski definition) is 3. The number of alkyl halides is 3. The number of nitro groups is 1. The molecule has 5 heterocycles. The molecule has 0 bridgehead atoms. The number of nitro benzene ring substituents is 1. The van der Waals surface area contributed by atoms with Gasteiger partial charge in [-0.1, -0.05) is 29.3 Å². The van der Waals surface area contributed by atoms with Crippen LogP contribution in [-0.2, 0) is 19.5 Å². The number of rotatable bonds is 12. The molecule has 4 aliphatic rings. The van der Waals surface area contributed by atoms with E-state index in [1.165, 1.54) is 12.1 Å². The number of halogens is 4. The molecule has 0 unspecified atom stereocenters. The van der Waals surface area contributed by atoms with Gasteiger partial charge in [0.25, 0.3) is 21.6 Å². The molecule has 3 aromatic carbocycles. The van der Waals surface area contributed by atoms with Crippen LogP contribution in [0.3, 0.4) is 0 Å². The van der Waals surface area contributed by atoms with Crippen LogP contribution in [0.2, 0.25) is 5.02 Å². The van der Waals surface area contributed by atoms with E-state index >= 15 is 0 Å². The molecule has 16 nitrogen and oxygen atoms in total. The zero-order valence-corrected chi connectivity index (χ0v) is 37.8. The standard InChI is InChI=1S/C46H48ClF3N8O8S/c47-33-6-3-29(4-7-33)38-23-32(46(48,49)50)5-2-31(38)27-55-15-17-56(18-16-55)34-8-10-37(40(24-34)57-14-1-19-66-45-42(57)22-30-12-13-51-43(30)53-45)44(59)54-67(62,63)36-9-11-39(41(25-36)58(60)61)52-26-35-28-64-20-21-65-35/h3-4,6-13,22,24-25,32,35,52H,1-2,5,14-21,23,26-28H2,(H,51,53)(H,54,59)/t32-,35-/m0/s1. The fraction of sp³-hybridized carbons (Fsp3) is 0.391. The van der Waals surface area contributed by atoms with Gasteiger partial charge in [0.2, 0.25) is 5.88 Å². The van der Waals surface area contributed by atoms with Crippen LogP contribution >= 0.6 is 11.6 Å². The quantitative estimate of drug-likeness (QED) is 0.0810. The van der Waals surface area contributed by atoms with Crippen molar-refractivity contribution in [2.45, 2.75) is 42.9 Å². The number of H-pyrrole nitrogens is 1. The Balaban J connectivity index is 0.983. The van der Waals surface area contributed by atoms with E-state index in [4.69, 9.17) is 30.8 Å². The van der Waals surface area contributed by atoms with E-state index in [1.54, 1.807) is 42.6 Å². The zero-order valence-electron chi connectivity index (χ0n) is 36.2. The van der Waals surface area contributed by atoms with Crippen LogP contribution in [0.1, 0.15) is 41.6 Å². The van der Waals surface area contributed by atoms with Gasteiger partial charge >= 0.3 is 6.18 Å². The minimum Gasteiger partial charge on any atom is -0.476 e. The first-order chi connectivity index (χ1) is 32.2. The Kier molecular flexibility index (Phi) is 13.3. The number of nitrogens with zero attached hydrogens (tertiary/aromatic N) is 5. The van der Waals surface area contributed by atoms with Gasteiger partial charge in [0.1, 0.15) is 17.0 Å². The van der Waals surface area contributed by atoms with Crippen LogP contribution in [0.4, 0.5) is 41.6 Å². The van der Waals surface area contributed by atoms with Gasteiger partial charge in [0.15, 0.2) is 0 Å². The summed E-state index contributed by atoms with van der Waals surface area (Å²) in [4.78, 5) is 39.4. The molecule has 1 aliphatic carbocycles. The first kappa shape index (κ1) is 46.2. The van der Waals surface area contributed by atoms with Crippen LogP contribution in [0, 0.1) is 16.0 Å². The lowest BCUT2D eigenvalue weighted by atomic mass is 9.80. The number of sulfonamides is 1. The van der Waals surface area contributed by atoms with E-state index in [-0.39, 0.29) is 36.7 Å². The normalized spacial score (nSPS) is 19.7. The van der Waals surface area contributed by atoms with Crippen LogP contribution in [0.25, 0.3) is 16.6 Å². The van der Waals surface area contributed by atoms with Crippen molar-refractivity contribution < 1.29 is 45.5 Å². The summed E-state index contributed by atoms with van der Waals surface area (Å²) >= 11 is 6.13. The summed E-state index contributed by atoms with van der Waals surface area (Å²) in [5.41, 5.74) is 4.34. The number of allylic oxidation sites excluding steroid dienone is 1. The van der Waals surface area contributed by atoms with Gasteiger partial charge in [0.05, 0.1) is 59.5 Å². The summed E-state index contributed by atoms with van der Waals surface area (Å²) in [5.74, 6) is -2.05. The molecule has 0 spiro atoms. The number of amides is 1. The average molecular weight is 965 g/mol. The van der Waals surface area contributed by atoms with E-state index in [2.05, 4.69) is 24.8 Å². The second kappa shape index (κ2) is 19.4. The van der Waals surface area contributed by atoms with Crippen molar-refractivity contribution in [2.75, 3.05) is 87.4 Å². The van der Waals surface area contributed by atoms with Gasteiger partial charge in [-0.3, -0.25) is 19.8 Å². The van der Waals surface area contributed by atoms with Crippen molar-refractivity contribution in [3.63, 3.8) is 0 Å². The summed E-state index contributed by atoms with van der Waals surface area (Å²) in [7, 11) is -4.65. The van der Waals surface area contributed by atoms with Gasteiger partial charge in [0, 0.05) is 74.2 Å². The van der Waals surface area contributed by atoms with Crippen molar-refractivity contribution in [3.8, 4) is 5.88 Å². The Morgan fingerprint density at radius 2 is 1.78 bits per heavy atom. The fourth-order valence-corrected chi connectivity index (χ4v) is 10.2. The molecular formula is C46H48ClF3N8O8S. The van der Waals surface area contributed by atoms with Crippen LogP contribution in [-0.4, -0.2) is 119 Å². The SMILES string of the molecule is O=C(NS(=O)(=O)c1ccc(NC[C@H]2COCCO2)c([N+](=O)[O-])c1)c1ccc(N2CCN(CC3=C(c4ccc(Cl)cc4)C[C@@H](C(F)(F)F)CC3)CC2)cc1N1CCCOc2nc3[nH]ccc3cc21. The molecule has 1 amide bonds. The van der Waals surface area contributed by atoms with E-state index in [9.17, 15) is 36.5 Å². The second-order valence-corrected chi connectivity index (χ2v) is 19.1. The third kappa shape index (κ3) is 10.3. The number of pyridine rings is 1. The topological polar surface area (TPSA) is 185 Å². The first-order valence-electron chi connectivity index (χ1n) is 22.0. The number of carbonyl (C=O) groups excluding carboxylic acids is 1. The predicted octanol–water partition coefficient (Wildman–Crippen LogP) is 7.93. The number of carbonyl (C=O) groups is 1. The monoisotopic (exact) mass is 964 g/mol. The summed E-state index contributed by atoms with van der Waals surface area (Å²) in [6, 6.07) is 19.2. The van der Waals surface area contributed by atoms with E-state index in [1.807, 2.05) is 23.1 Å². The van der Waals surface area contributed by atoms with Crippen molar-refractivity contribution in [1.29, 1.82) is 0 Å². The number of piperazine rings is 1. The summed E-state index contributed by atoms with van der Waals surface area (Å²) in [5, 5.41) is 16.4. The highest BCUT2D eigenvalue weighted by Crippen LogP contribution is 2.44.